The number of pyridine rings is 1. The normalized spacial score (nSPS) is 13.1. The number of rotatable bonds is 12. The van der Waals surface area contributed by atoms with Gasteiger partial charge in [0, 0.05) is 7.05 Å². The summed E-state index contributed by atoms with van der Waals surface area (Å²) in [6.07, 6.45) is 1.17. The third kappa shape index (κ3) is 6.75. The number of amides is 1. The fourth-order valence-corrected chi connectivity index (χ4v) is 4.60. The Hall–Kier alpha value is -3.60. The van der Waals surface area contributed by atoms with Crippen molar-refractivity contribution >= 4 is 29.5 Å². The zero-order valence-corrected chi connectivity index (χ0v) is 21.8. The van der Waals surface area contributed by atoms with Crippen LogP contribution in [0.15, 0.2) is 35.4 Å². The second-order valence-corrected chi connectivity index (χ2v) is 9.45. The van der Waals surface area contributed by atoms with Crippen LogP contribution in [0.4, 0.5) is 5.82 Å². The van der Waals surface area contributed by atoms with Crippen LogP contribution in [0.1, 0.15) is 54.7 Å². The van der Waals surface area contributed by atoms with Gasteiger partial charge in [-0.05, 0) is 23.5 Å². The fraction of sp³-hybridized carbons (Fsp3) is 0.423. The summed E-state index contributed by atoms with van der Waals surface area (Å²) in [5.74, 6) is -0.730. The summed E-state index contributed by atoms with van der Waals surface area (Å²) < 4.78 is 5.34. The molecule has 2 rings (SSSR count). The van der Waals surface area contributed by atoms with E-state index in [2.05, 4.69) is 17.1 Å². The first kappa shape index (κ1) is 28.6. The van der Waals surface area contributed by atoms with Crippen molar-refractivity contribution < 1.29 is 14.3 Å². The van der Waals surface area contributed by atoms with Gasteiger partial charge in [0.2, 0.25) is 5.91 Å². The van der Waals surface area contributed by atoms with Crippen LogP contribution < -0.4 is 16.4 Å². The number of hydrogen-bond acceptors (Lipinski definition) is 9. The Kier molecular flexibility index (Phi) is 10.7. The number of aromatic nitrogens is 1. The van der Waals surface area contributed by atoms with E-state index >= 15 is 0 Å². The topological polar surface area (TPSA) is 159 Å². The molecule has 0 spiro atoms. The zero-order valence-electron chi connectivity index (χ0n) is 21.0. The quantitative estimate of drug-likeness (QED) is 0.324. The van der Waals surface area contributed by atoms with Crippen molar-refractivity contribution in [3.05, 3.63) is 52.6 Å². The highest BCUT2D eigenvalue weighted by atomic mass is 32.2. The van der Waals surface area contributed by atoms with E-state index in [1.54, 1.807) is 36.2 Å². The molecule has 0 aliphatic heterocycles. The number of nitriles is 2. The summed E-state index contributed by atoms with van der Waals surface area (Å²) in [7, 11) is 1.72. The number of nitrogens with two attached hydrogens (primary N) is 2. The minimum atomic E-state index is -0.774. The summed E-state index contributed by atoms with van der Waals surface area (Å²) in [6, 6.07) is 12.6. The Labute approximate surface area is 216 Å². The molecule has 9 nitrogen and oxygen atoms in total. The molecule has 190 valence electrons. The number of nitrogens with zero attached hydrogens (tertiary/aromatic N) is 4. The summed E-state index contributed by atoms with van der Waals surface area (Å²) in [4.78, 5) is 30.8. The largest absolute Gasteiger partial charge is 0.463 e. The van der Waals surface area contributed by atoms with E-state index in [0.29, 0.717) is 28.4 Å². The van der Waals surface area contributed by atoms with Crippen molar-refractivity contribution in [3.8, 4) is 12.1 Å². The van der Waals surface area contributed by atoms with Gasteiger partial charge in [0.1, 0.15) is 40.9 Å². The maximum atomic E-state index is 12.3. The van der Waals surface area contributed by atoms with E-state index in [0.717, 1.165) is 18.2 Å². The van der Waals surface area contributed by atoms with Crippen molar-refractivity contribution in [2.45, 2.75) is 49.9 Å². The number of carbonyl (C=O) groups excluding carboxylic acids is 2. The highest BCUT2D eigenvalue weighted by molar-refractivity contribution is 8.00. The minimum absolute atomic E-state index is 0.00451. The van der Waals surface area contributed by atoms with Gasteiger partial charge in [0.25, 0.3) is 0 Å². The number of benzene rings is 1. The van der Waals surface area contributed by atoms with Crippen LogP contribution in [0, 0.1) is 28.6 Å². The van der Waals surface area contributed by atoms with Gasteiger partial charge in [0.05, 0.1) is 17.7 Å². The molecule has 0 aliphatic carbocycles. The predicted octanol–water partition coefficient (Wildman–Crippen LogP) is 3.06. The van der Waals surface area contributed by atoms with E-state index in [4.69, 9.17) is 16.2 Å². The van der Waals surface area contributed by atoms with Gasteiger partial charge < -0.3 is 21.1 Å². The predicted molar refractivity (Wildman–Crippen MR) is 139 cm³/mol. The van der Waals surface area contributed by atoms with E-state index in [-0.39, 0.29) is 30.2 Å². The average molecular weight is 509 g/mol. The molecule has 0 aliphatic rings. The molecule has 1 amide bonds. The molecule has 0 bridgehead atoms. The van der Waals surface area contributed by atoms with E-state index in [1.807, 2.05) is 26.8 Å². The Morgan fingerprint density at radius 2 is 1.81 bits per heavy atom. The first-order chi connectivity index (χ1) is 17.2. The summed E-state index contributed by atoms with van der Waals surface area (Å²) in [5, 5.41) is 19.3. The lowest BCUT2D eigenvalue weighted by atomic mass is 10.0. The minimum Gasteiger partial charge on any atom is -0.463 e. The molecule has 0 saturated heterocycles. The number of likely N-dealkylation sites (N-methyl/N-ethyl adjacent to an activating group) is 1. The first-order valence-corrected chi connectivity index (χ1v) is 12.6. The lowest BCUT2D eigenvalue weighted by Gasteiger charge is -2.24. The number of primary amides is 1. The summed E-state index contributed by atoms with van der Waals surface area (Å²) in [6.45, 7) is 5.98. The van der Waals surface area contributed by atoms with Gasteiger partial charge in [-0.3, -0.25) is 9.59 Å². The van der Waals surface area contributed by atoms with E-state index < -0.39 is 23.2 Å². The van der Waals surface area contributed by atoms with Crippen LogP contribution in [0.2, 0.25) is 0 Å². The number of thioether (sulfide) groups is 1. The Balaban J connectivity index is 2.39. The van der Waals surface area contributed by atoms with Crippen LogP contribution in [-0.2, 0) is 20.7 Å². The highest BCUT2D eigenvalue weighted by Crippen LogP contribution is 2.39. The molecule has 4 N–H and O–H groups in total. The Morgan fingerprint density at radius 1 is 1.17 bits per heavy atom. The Bertz CT molecular complexity index is 1160. The van der Waals surface area contributed by atoms with Crippen LogP contribution in [0.5, 0.6) is 0 Å². The van der Waals surface area contributed by atoms with Gasteiger partial charge in [-0.1, -0.05) is 69.3 Å². The lowest BCUT2D eigenvalue weighted by Crippen LogP contribution is -2.39. The number of esters is 1. The fourth-order valence-electron chi connectivity index (χ4n) is 3.55. The van der Waals surface area contributed by atoms with Gasteiger partial charge in [0.15, 0.2) is 0 Å². The van der Waals surface area contributed by atoms with Crippen molar-refractivity contribution in [3.63, 3.8) is 0 Å². The molecule has 2 unspecified atom stereocenters. The zero-order chi connectivity index (χ0) is 26.8. The van der Waals surface area contributed by atoms with Crippen molar-refractivity contribution in [2.24, 2.45) is 17.4 Å². The third-order valence-electron chi connectivity index (χ3n) is 5.98. The molecule has 2 aromatic rings. The molecule has 10 heteroatoms. The number of ether oxygens (including phenoxy) is 1. The van der Waals surface area contributed by atoms with Crippen LogP contribution in [0.25, 0.3) is 0 Å². The third-order valence-corrected chi connectivity index (χ3v) is 7.24. The molecular formula is C26H32N6O3S. The highest BCUT2D eigenvalue weighted by Gasteiger charge is 2.27. The SMILES string of the molecule is CCc1c(C#N)c(SC(C(N)=O)c2ccccc2)nc(N(C)CCOC(=O)[C@@H](N)C(C)CC)c1C#N. The van der Waals surface area contributed by atoms with Crippen molar-refractivity contribution in [2.75, 3.05) is 25.1 Å². The standard InChI is InChI=1S/C26H32N6O3S/c1-5-16(3)21(29)26(34)35-13-12-32(4)24-19(14-27)18(6-2)20(15-28)25(31-24)36-22(23(30)33)17-10-8-7-9-11-17/h7-11,16,21-22H,5-6,12-13,29H2,1-4H3,(H2,30,33)/t16?,21-,22?/m0/s1. The molecule has 36 heavy (non-hydrogen) atoms. The van der Waals surface area contributed by atoms with Crippen LogP contribution >= 0.6 is 11.8 Å². The average Bonchev–Trinajstić information content (AvgIpc) is 2.89. The second kappa shape index (κ2) is 13.5. The summed E-state index contributed by atoms with van der Waals surface area (Å²) >= 11 is 1.07. The maximum absolute atomic E-state index is 12.3. The Morgan fingerprint density at radius 3 is 2.33 bits per heavy atom. The molecule has 1 aromatic carbocycles. The summed E-state index contributed by atoms with van der Waals surface area (Å²) in [5.41, 5.74) is 13.3. The molecule has 0 fully saturated rings. The van der Waals surface area contributed by atoms with Gasteiger partial charge in [-0.15, -0.1) is 0 Å². The molecule has 3 atom stereocenters. The van der Waals surface area contributed by atoms with Crippen molar-refractivity contribution in [1.29, 1.82) is 10.5 Å². The molecule has 0 saturated carbocycles. The van der Waals surface area contributed by atoms with Crippen LogP contribution in [0.3, 0.4) is 0 Å². The number of carbonyl (C=O) groups is 2. The number of hydrogen-bond donors (Lipinski definition) is 2. The van der Waals surface area contributed by atoms with E-state index in [9.17, 15) is 20.1 Å². The van der Waals surface area contributed by atoms with Crippen LogP contribution in [-0.4, -0.2) is 43.1 Å². The maximum Gasteiger partial charge on any atom is 0.323 e. The lowest BCUT2D eigenvalue weighted by molar-refractivity contribution is -0.146. The second-order valence-electron chi connectivity index (χ2n) is 8.36. The number of anilines is 1. The van der Waals surface area contributed by atoms with Gasteiger partial charge >= 0.3 is 5.97 Å². The van der Waals surface area contributed by atoms with Gasteiger partial charge in [-0.25, -0.2) is 4.98 Å². The molecule has 0 radical (unpaired) electrons. The molecular weight excluding hydrogens is 476 g/mol. The van der Waals surface area contributed by atoms with Gasteiger partial charge in [-0.2, -0.15) is 10.5 Å². The monoisotopic (exact) mass is 508 g/mol. The van der Waals surface area contributed by atoms with Crippen molar-refractivity contribution in [1.82, 2.24) is 4.98 Å². The smallest absolute Gasteiger partial charge is 0.323 e. The molecule has 1 heterocycles. The van der Waals surface area contributed by atoms with E-state index in [1.165, 1.54) is 0 Å². The molecule has 1 aromatic heterocycles. The first-order valence-electron chi connectivity index (χ1n) is 11.7.